The third-order valence-corrected chi connectivity index (χ3v) is 3.32. The summed E-state index contributed by atoms with van der Waals surface area (Å²) in [6.45, 7) is 3.93. The van der Waals surface area contributed by atoms with Crippen LogP contribution in [0.5, 0.6) is 0 Å². The van der Waals surface area contributed by atoms with Crippen LogP contribution >= 0.6 is 11.6 Å². The molecule has 0 aliphatic rings. The number of hydrogen-bond donors (Lipinski definition) is 2. The van der Waals surface area contributed by atoms with E-state index >= 15 is 0 Å². The van der Waals surface area contributed by atoms with E-state index in [0.717, 1.165) is 0 Å². The summed E-state index contributed by atoms with van der Waals surface area (Å²) in [5.41, 5.74) is 7.63. The van der Waals surface area contributed by atoms with Crippen LogP contribution in [0.25, 0.3) is 0 Å². The lowest BCUT2D eigenvalue weighted by Crippen LogP contribution is -2.18. The van der Waals surface area contributed by atoms with Crippen LogP contribution in [0.4, 0.5) is 11.4 Å². The molecule has 1 amide bonds. The number of rotatable bonds is 3. The minimum Gasteiger partial charge on any atom is -0.397 e. The second kappa shape index (κ2) is 5.90. The molecule has 2 rings (SSSR count). The Bertz CT molecular complexity index is 728. The number of nitrogens with two attached hydrogens (primary N) is 1. The van der Waals surface area contributed by atoms with Crippen molar-refractivity contribution < 1.29 is 4.79 Å². The van der Waals surface area contributed by atoms with E-state index in [1.807, 2.05) is 19.9 Å². The van der Waals surface area contributed by atoms with Crippen molar-refractivity contribution in [2.45, 2.75) is 19.9 Å². The van der Waals surface area contributed by atoms with Crippen molar-refractivity contribution in [3.8, 4) is 6.07 Å². The van der Waals surface area contributed by atoms with Gasteiger partial charge < -0.3 is 15.6 Å². The van der Waals surface area contributed by atoms with Gasteiger partial charge in [0.15, 0.2) is 0 Å². The number of carbonyl (C=O) groups is 1. The van der Waals surface area contributed by atoms with Gasteiger partial charge >= 0.3 is 0 Å². The van der Waals surface area contributed by atoms with Gasteiger partial charge in [0.1, 0.15) is 5.69 Å². The first-order chi connectivity index (χ1) is 9.92. The molecular formula is C15H15ClN4O. The van der Waals surface area contributed by atoms with Gasteiger partial charge in [0.2, 0.25) is 0 Å². The third kappa shape index (κ3) is 3.18. The van der Waals surface area contributed by atoms with Gasteiger partial charge in [-0.2, -0.15) is 5.26 Å². The van der Waals surface area contributed by atoms with Crippen LogP contribution in [0.1, 0.15) is 35.9 Å². The first-order valence-electron chi connectivity index (χ1n) is 6.40. The minimum atomic E-state index is -0.299. The number of anilines is 2. The largest absolute Gasteiger partial charge is 0.397 e. The standard InChI is InChI=1S/C15H15ClN4O/c1-9(2)20-8-11(18)6-14(20)15(21)19-13-4-3-10(7-17)5-12(13)16/h3-6,8-9H,18H2,1-2H3,(H,19,21). The Balaban J connectivity index is 2.29. The van der Waals surface area contributed by atoms with E-state index in [2.05, 4.69) is 5.32 Å². The normalized spacial score (nSPS) is 10.4. The van der Waals surface area contributed by atoms with Crippen molar-refractivity contribution >= 4 is 28.9 Å². The van der Waals surface area contributed by atoms with Crippen molar-refractivity contribution in [1.29, 1.82) is 5.26 Å². The summed E-state index contributed by atoms with van der Waals surface area (Å²) in [6, 6.07) is 8.42. The van der Waals surface area contributed by atoms with E-state index in [0.29, 0.717) is 27.7 Å². The topological polar surface area (TPSA) is 83.8 Å². The molecule has 0 radical (unpaired) electrons. The van der Waals surface area contributed by atoms with E-state index in [-0.39, 0.29) is 11.9 Å². The fourth-order valence-corrected chi connectivity index (χ4v) is 2.21. The van der Waals surface area contributed by atoms with Crippen LogP contribution in [-0.2, 0) is 0 Å². The molecule has 5 nitrogen and oxygen atoms in total. The van der Waals surface area contributed by atoms with E-state index in [1.165, 1.54) is 6.07 Å². The third-order valence-electron chi connectivity index (χ3n) is 3.01. The van der Waals surface area contributed by atoms with Crippen molar-refractivity contribution in [2.75, 3.05) is 11.1 Å². The Kier molecular flexibility index (Phi) is 4.20. The van der Waals surface area contributed by atoms with E-state index < -0.39 is 0 Å². The summed E-state index contributed by atoms with van der Waals surface area (Å²) < 4.78 is 1.79. The molecule has 1 aromatic heterocycles. The van der Waals surface area contributed by atoms with Gasteiger partial charge in [-0.25, -0.2) is 0 Å². The molecule has 0 fully saturated rings. The van der Waals surface area contributed by atoms with Gasteiger partial charge in [0.25, 0.3) is 5.91 Å². The second-order valence-corrected chi connectivity index (χ2v) is 5.33. The quantitative estimate of drug-likeness (QED) is 0.911. The van der Waals surface area contributed by atoms with Gasteiger partial charge in [-0.3, -0.25) is 4.79 Å². The first-order valence-corrected chi connectivity index (χ1v) is 6.78. The molecule has 1 heterocycles. The second-order valence-electron chi connectivity index (χ2n) is 4.92. The zero-order chi connectivity index (χ0) is 15.6. The van der Waals surface area contributed by atoms with Crippen molar-refractivity contribution in [1.82, 2.24) is 4.57 Å². The molecule has 0 spiro atoms. The minimum absolute atomic E-state index is 0.111. The fraction of sp³-hybridized carbons (Fsp3) is 0.200. The predicted octanol–water partition coefficient (Wildman–Crippen LogP) is 3.43. The SMILES string of the molecule is CC(C)n1cc(N)cc1C(=O)Nc1ccc(C#N)cc1Cl. The molecule has 6 heteroatoms. The summed E-state index contributed by atoms with van der Waals surface area (Å²) in [5, 5.41) is 11.8. The number of nitriles is 1. The summed E-state index contributed by atoms with van der Waals surface area (Å²) >= 11 is 6.05. The molecule has 1 aromatic carbocycles. The van der Waals surface area contributed by atoms with Crippen LogP contribution < -0.4 is 11.1 Å². The molecule has 108 valence electrons. The molecule has 21 heavy (non-hydrogen) atoms. The number of benzene rings is 1. The molecule has 0 saturated carbocycles. The maximum absolute atomic E-state index is 12.3. The van der Waals surface area contributed by atoms with Crippen molar-refractivity contribution in [3.63, 3.8) is 0 Å². The number of halogens is 1. The van der Waals surface area contributed by atoms with Crippen LogP contribution in [0.15, 0.2) is 30.5 Å². The highest BCUT2D eigenvalue weighted by Gasteiger charge is 2.16. The Morgan fingerprint density at radius 1 is 1.43 bits per heavy atom. The van der Waals surface area contributed by atoms with E-state index in [1.54, 1.807) is 29.0 Å². The maximum Gasteiger partial charge on any atom is 0.272 e. The molecule has 3 N–H and O–H groups in total. The summed E-state index contributed by atoms with van der Waals surface area (Å²) in [6.07, 6.45) is 1.72. The molecule has 0 unspecified atom stereocenters. The Labute approximate surface area is 127 Å². The smallest absolute Gasteiger partial charge is 0.272 e. The monoisotopic (exact) mass is 302 g/mol. The van der Waals surface area contributed by atoms with Gasteiger partial charge in [-0.1, -0.05) is 11.6 Å². The Hall–Kier alpha value is -2.45. The highest BCUT2D eigenvalue weighted by molar-refractivity contribution is 6.34. The van der Waals surface area contributed by atoms with Crippen LogP contribution in [0.2, 0.25) is 5.02 Å². The van der Waals surface area contributed by atoms with Crippen molar-refractivity contribution in [3.05, 3.63) is 46.7 Å². The number of nitrogens with one attached hydrogen (secondary N) is 1. The van der Waals surface area contributed by atoms with Gasteiger partial charge in [-0.05, 0) is 38.1 Å². The molecule has 0 bridgehead atoms. The number of amides is 1. The highest BCUT2D eigenvalue weighted by Crippen LogP contribution is 2.24. The molecular weight excluding hydrogens is 288 g/mol. The predicted molar refractivity (Wildman–Crippen MR) is 83.3 cm³/mol. The number of nitrogens with zero attached hydrogens (tertiary/aromatic N) is 2. The number of hydrogen-bond acceptors (Lipinski definition) is 3. The summed E-state index contributed by atoms with van der Waals surface area (Å²) in [7, 11) is 0. The molecule has 0 aliphatic heterocycles. The maximum atomic E-state index is 12.3. The molecule has 2 aromatic rings. The Morgan fingerprint density at radius 3 is 2.71 bits per heavy atom. The lowest BCUT2D eigenvalue weighted by molar-refractivity contribution is 0.101. The van der Waals surface area contributed by atoms with Crippen LogP contribution in [0.3, 0.4) is 0 Å². The highest BCUT2D eigenvalue weighted by atomic mass is 35.5. The molecule has 0 aliphatic carbocycles. The van der Waals surface area contributed by atoms with E-state index in [4.69, 9.17) is 22.6 Å². The number of aromatic nitrogens is 1. The molecule has 0 atom stereocenters. The lowest BCUT2D eigenvalue weighted by Gasteiger charge is -2.13. The Morgan fingerprint density at radius 2 is 2.14 bits per heavy atom. The average molecular weight is 303 g/mol. The van der Waals surface area contributed by atoms with Crippen molar-refractivity contribution in [2.24, 2.45) is 0 Å². The van der Waals surface area contributed by atoms with Gasteiger partial charge in [-0.15, -0.1) is 0 Å². The van der Waals surface area contributed by atoms with Crippen LogP contribution in [0, 0.1) is 11.3 Å². The summed E-state index contributed by atoms with van der Waals surface area (Å²) in [5.74, 6) is -0.299. The summed E-state index contributed by atoms with van der Waals surface area (Å²) in [4.78, 5) is 12.3. The van der Waals surface area contributed by atoms with E-state index in [9.17, 15) is 4.79 Å². The molecule has 0 saturated heterocycles. The average Bonchev–Trinajstić information content (AvgIpc) is 2.83. The number of carbonyl (C=O) groups excluding carboxylic acids is 1. The zero-order valence-electron chi connectivity index (χ0n) is 11.7. The van der Waals surface area contributed by atoms with Gasteiger partial charge in [0, 0.05) is 12.2 Å². The van der Waals surface area contributed by atoms with Gasteiger partial charge in [0.05, 0.1) is 28.0 Å². The van der Waals surface area contributed by atoms with Crippen LogP contribution in [-0.4, -0.2) is 10.5 Å². The lowest BCUT2D eigenvalue weighted by atomic mass is 10.2. The first kappa shape index (κ1) is 14.9. The number of nitrogen functional groups attached to an aromatic ring is 1. The zero-order valence-corrected chi connectivity index (χ0v) is 12.5. The fourth-order valence-electron chi connectivity index (χ4n) is 1.98.